The summed E-state index contributed by atoms with van der Waals surface area (Å²) in [5, 5.41) is 19.5. The van der Waals surface area contributed by atoms with Crippen LogP contribution in [0.4, 0.5) is 0 Å². The van der Waals surface area contributed by atoms with Crippen LogP contribution in [0.15, 0.2) is 0 Å². The summed E-state index contributed by atoms with van der Waals surface area (Å²) in [6, 6.07) is 0. The van der Waals surface area contributed by atoms with Gasteiger partial charge >= 0.3 is 0 Å². The first-order chi connectivity index (χ1) is 8.52. The molecule has 0 bridgehead atoms. The van der Waals surface area contributed by atoms with Gasteiger partial charge in [0.05, 0.1) is 12.7 Å². The van der Waals surface area contributed by atoms with Gasteiger partial charge in [0.15, 0.2) is 19.7 Å². The molecule has 2 N–H and O–H groups in total. The molecule has 0 radical (unpaired) electrons. The van der Waals surface area contributed by atoms with E-state index in [-0.39, 0.29) is 23.7 Å². The molecule has 0 aromatic carbocycles. The highest BCUT2D eigenvalue weighted by atomic mass is 28.4. The lowest BCUT2D eigenvalue weighted by atomic mass is 9.82. The summed E-state index contributed by atoms with van der Waals surface area (Å²) in [4.78, 5) is 11.8. The van der Waals surface area contributed by atoms with E-state index >= 15 is 0 Å². The Bertz CT molecular complexity index is 389. The molecule has 2 fully saturated rings. The van der Waals surface area contributed by atoms with Crippen LogP contribution < -0.4 is 0 Å². The predicted octanol–water partition coefficient (Wildman–Crippen LogP) is 0.840. The molecule has 0 aromatic heterocycles. The highest BCUT2D eigenvalue weighted by molar-refractivity contribution is 6.74. The van der Waals surface area contributed by atoms with Crippen LogP contribution in [0, 0.1) is 0 Å². The summed E-state index contributed by atoms with van der Waals surface area (Å²) >= 11 is 0. The Morgan fingerprint density at radius 3 is 2.53 bits per heavy atom. The maximum atomic E-state index is 11.8. The average Bonchev–Trinajstić information content (AvgIpc) is 3.04. The molecule has 4 atom stereocenters. The first kappa shape index (κ1) is 15.1. The molecule has 1 saturated carbocycles. The van der Waals surface area contributed by atoms with Gasteiger partial charge in [0, 0.05) is 6.42 Å². The summed E-state index contributed by atoms with van der Waals surface area (Å²) in [5.74, 6) is -0.407. The SMILES string of the molecule is CC(C)(C)[Si](C)(C)O[C@H]1CC(O)(CO)C(=O)[C@@H]2O[C@H]12. The molecule has 1 unspecified atom stereocenters. The number of hydrogen-bond donors (Lipinski definition) is 2. The van der Waals surface area contributed by atoms with E-state index in [9.17, 15) is 15.0 Å². The van der Waals surface area contributed by atoms with Crippen molar-refractivity contribution in [1.29, 1.82) is 0 Å². The minimum Gasteiger partial charge on any atom is -0.411 e. The lowest BCUT2D eigenvalue weighted by molar-refractivity contribution is -0.148. The fourth-order valence-corrected chi connectivity index (χ4v) is 3.57. The topological polar surface area (TPSA) is 79.3 Å². The Labute approximate surface area is 115 Å². The molecule has 5 nitrogen and oxygen atoms in total. The predicted molar refractivity (Wildman–Crippen MR) is 72.4 cm³/mol. The van der Waals surface area contributed by atoms with Crippen LogP contribution in [0.5, 0.6) is 0 Å². The van der Waals surface area contributed by atoms with Crippen molar-refractivity contribution in [2.24, 2.45) is 0 Å². The molecule has 0 aromatic rings. The van der Waals surface area contributed by atoms with Gasteiger partial charge in [-0.15, -0.1) is 0 Å². The molecule has 1 aliphatic heterocycles. The van der Waals surface area contributed by atoms with Gasteiger partial charge in [-0.05, 0) is 18.1 Å². The van der Waals surface area contributed by atoms with E-state index in [1.165, 1.54) is 0 Å². The van der Waals surface area contributed by atoms with E-state index in [4.69, 9.17) is 9.16 Å². The molecule has 1 heterocycles. The molecule has 19 heavy (non-hydrogen) atoms. The summed E-state index contributed by atoms with van der Waals surface area (Å²) < 4.78 is 11.6. The largest absolute Gasteiger partial charge is 0.411 e. The third kappa shape index (κ3) is 2.52. The molecule has 6 heteroatoms. The third-order valence-corrected chi connectivity index (χ3v) is 9.17. The Morgan fingerprint density at radius 1 is 1.47 bits per heavy atom. The zero-order valence-corrected chi connectivity index (χ0v) is 13.3. The number of epoxide rings is 1. The Balaban J connectivity index is 2.13. The van der Waals surface area contributed by atoms with E-state index in [1.807, 2.05) is 0 Å². The number of aliphatic hydroxyl groups is 2. The van der Waals surface area contributed by atoms with Crippen molar-refractivity contribution in [3.8, 4) is 0 Å². The normalized spacial score (nSPS) is 39.1. The Morgan fingerprint density at radius 2 is 2.05 bits per heavy atom. The van der Waals surface area contributed by atoms with Crippen molar-refractivity contribution >= 4 is 14.1 Å². The van der Waals surface area contributed by atoms with Gasteiger partial charge in [0.25, 0.3) is 0 Å². The molecular weight excluding hydrogens is 264 g/mol. The zero-order valence-electron chi connectivity index (χ0n) is 12.3. The number of ketones is 1. The molecule has 2 rings (SSSR count). The summed E-state index contributed by atoms with van der Waals surface area (Å²) in [7, 11) is -1.99. The lowest BCUT2D eigenvalue weighted by Crippen LogP contribution is -2.56. The zero-order chi connectivity index (χ0) is 14.6. The standard InChI is InChI=1S/C13H24O5Si/c1-12(2,3)19(4,5)18-8-6-13(16,7-14)11(15)10-9(8)17-10/h8-10,14,16H,6-7H2,1-5H3/t8-,9+,10+,13?/m0/s1. The maximum Gasteiger partial charge on any atom is 0.198 e. The Kier molecular flexibility index (Phi) is 3.47. The first-order valence-corrected chi connectivity index (χ1v) is 9.63. The lowest BCUT2D eigenvalue weighted by Gasteiger charge is -2.41. The smallest absolute Gasteiger partial charge is 0.198 e. The van der Waals surface area contributed by atoms with Crippen LogP contribution in [0.3, 0.4) is 0 Å². The van der Waals surface area contributed by atoms with Crippen LogP contribution in [-0.4, -0.2) is 54.8 Å². The van der Waals surface area contributed by atoms with E-state index < -0.39 is 32.4 Å². The molecule has 0 amide bonds. The van der Waals surface area contributed by atoms with E-state index in [1.54, 1.807) is 0 Å². The fourth-order valence-electron chi connectivity index (χ4n) is 2.24. The second-order valence-corrected chi connectivity index (χ2v) is 12.0. The van der Waals surface area contributed by atoms with Crippen molar-refractivity contribution in [3.05, 3.63) is 0 Å². The third-order valence-electron chi connectivity index (χ3n) is 4.66. The van der Waals surface area contributed by atoms with Crippen LogP contribution in [0.2, 0.25) is 18.1 Å². The number of carbonyl (C=O) groups is 1. The van der Waals surface area contributed by atoms with Crippen molar-refractivity contribution < 1.29 is 24.2 Å². The molecular formula is C13H24O5Si. The second-order valence-electron chi connectivity index (χ2n) is 7.20. The number of fused-ring (bicyclic) bond motifs is 1. The van der Waals surface area contributed by atoms with Crippen molar-refractivity contribution in [2.75, 3.05) is 6.61 Å². The number of aliphatic hydroxyl groups excluding tert-OH is 1. The van der Waals surface area contributed by atoms with E-state index in [0.29, 0.717) is 0 Å². The monoisotopic (exact) mass is 288 g/mol. The highest BCUT2D eigenvalue weighted by Gasteiger charge is 2.63. The highest BCUT2D eigenvalue weighted by Crippen LogP contribution is 2.45. The van der Waals surface area contributed by atoms with Crippen molar-refractivity contribution in [3.63, 3.8) is 0 Å². The quantitative estimate of drug-likeness (QED) is 0.594. The number of ether oxygens (including phenoxy) is 1. The molecule has 0 spiro atoms. The van der Waals surface area contributed by atoms with Gasteiger partial charge in [-0.25, -0.2) is 0 Å². The second kappa shape index (κ2) is 4.36. The molecule has 2 aliphatic rings. The summed E-state index contributed by atoms with van der Waals surface area (Å²) in [6.45, 7) is 10.1. The molecule has 1 aliphatic carbocycles. The van der Waals surface area contributed by atoms with Gasteiger partial charge < -0.3 is 19.4 Å². The van der Waals surface area contributed by atoms with Crippen LogP contribution in [0.1, 0.15) is 27.2 Å². The van der Waals surface area contributed by atoms with Crippen LogP contribution in [0.25, 0.3) is 0 Å². The van der Waals surface area contributed by atoms with Gasteiger partial charge in [0.1, 0.15) is 12.2 Å². The Hall–Kier alpha value is -0.273. The van der Waals surface area contributed by atoms with Gasteiger partial charge in [-0.2, -0.15) is 0 Å². The molecule has 110 valence electrons. The van der Waals surface area contributed by atoms with Crippen LogP contribution >= 0.6 is 0 Å². The average molecular weight is 288 g/mol. The first-order valence-electron chi connectivity index (χ1n) is 6.73. The van der Waals surface area contributed by atoms with Crippen molar-refractivity contribution in [1.82, 2.24) is 0 Å². The maximum absolute atomic E-state index is 11.8. The molecule has 1 saturated heterocycles. The van der Waals surface area contributed by atoms with Crippen LogP contribution in [-0.2, 0) is 14.0 Å². The van der Waals surface area contributed by atoms with Gasteiger partial charge in [0.2, 0.25) is 0 Å². The minimum atomic E-state index is -1.99. The van der Waals surface area contributed by atoms with E-state index in [0.717, 1.165) is 0 Å². The number of rotatable bonds is 3. The van der Waals surface area contributed by atoms with Gasteiger partial charge in [-0.1, -0.05) is 20.8 Å². The van der Waals surface area contributed by atoms with Crippen molar-refractivity contribution in [2.45, 2.75) is 69.2 Å². The summed E-state index contributed by atoms with van der Waals surface area (Å²) in [5.41, 5.74) is -1.70. The minimum absolute atomic E-state index is 0.0518. The number of hydrogen-bond acceptors (Lipinski definition) is 5. The summed E-state index contributed by atoms with van der Waals surface area (Å²) in [6.07, 6.45) is -1.02. The number of carbonyl (C=O) groups excluding carboxylic acids is 1. The van der Waals surface area contributed by atoms with E-state index in [2.05, 4.69) is 33.9 Å². The fraction of sp³-hybridized carbons (Fsp3) is 0.923. The van der Waals surface area contributed by atoms with Gasteiger partial charge in [-0.3, -0.25) is 4.79 Å². The number of Topliss-reactive ketones (excluding diaryl/α,β-unsaturated/α-hetero) is 1.